The molecule has 0 amide bonds. The summed E-state index contributed by atoms with van der Waals surface area (Å²) in [6.45, 7) is 11.4. The third kappa shape index (κ3) is 2.40. The molecule has 1 fully saturated rings. The van der Waals surface area contributed by atoms with E-state index in [2.05, 4.69) is 39.8 Å². The van der Waals surface area contributed by atoms with Crippen molar-refractivity contribution < 1.29 is 4.43 Å². The Kier molecular flexibility index (Phi) is 3.13. The molecule has 2 heteroatoms. The van der Waals surface area contributed by atoms with E-state index in [4.69, 9.17) is 10.8 Å². The molecule has 0 saturated heterocycles. The molecular weight excluding hydrogens is 188 g/mol. The Hall–Kier alpha value is -0.263. The van der Waals surface area contributed by atoms with Crippen LogP contribution in [0.4, 0.5) is 0 Å². The molecule has 0 heterocycles. The third-order valence-corrected chi connectivity index (χ3v) is 8.13. The van der Waals surface area contributed by atoms with Crippen LogP contribution in [0.2, 0.25) is 18.1 Å². The van der Waals surface area contributed by atoms with Gasteiger partial charge in [-0.05, 0) is 31.0 Å². The zero-order valence-electron chi connectivity index (χ0n) is 10.1. The van der Waals surface area contributed by atoms with Crippen LogP contribution in [0.15, 0.2) is 0 Å². The van der Waals surface area contributed by atoms with Gasteiger partial charge in [0.1, 0.15) is 0 Å². The van der Waals surface area contributed by atoms with Gasteiger partial charge in [0.25, 0.3) is 0 Å². The topological polar surface area (TPSA) is 9.23 Å². The van der Waals surface area contributed by atoms with E-state index in [0.29, 0.717) is 17.1 Å². The van der Waals surface area contributed by atoms with E-state index in [9.17, 15) is 0 Å². The fraction of sp³-hybridized carbons (Fsp3) is 0.833. The van der Waals surface area contributed by atoms with Gasteiger partial charge in [-0.1, -0.05) is 20.8 Å². The van der Waals surface area contributed by atoms with Gasteiger partial charge in [-0.15, -0.1) is 12.3 Å². The van der Waals surface area contributed by atoms with Gasteiger partial charge in [-0.25, -0.2) is 0 Å². The monoisotopic (exact) mass is 210 g/mol. The molecule has 0 aromatic carbocycles. The van der Waals surface area contributed by atoms with E-state index in [-0.39, 0.29) is 0 Å². The van der Waals surface area contributed by atoms with Crippen molar-refractivity contribution in [1.29, 1.82) is 0 Å². The van der Waals surface area contributed by atoms with E-state index >= 15 is 0 Å². The molecule has 0 spiro atoms. The lowest BCUT2D eigenvalue weighted by Crippen LogP contribution is -2.47. The van der Waals surface area contributed by atoms with Crippen molar-refractivity contribution in [3.8, 4) is 12.3 Å². The molecular formula is C12H22OSi. The van der Waals surface area contributed by atoms with Crippen molar-refractivity contribution in [3.63, 3.8) is 0 Å². The third-order valence-electron chi connectivity index (χ3n) is 3.60. The number of hydrogen-bond donors (Lipinski definition) is 0. The quantitative estimate of drug-likeness (QED) is 0.501. The molecule has 1 aliphatic carbocycles. The molecule has 0 aliphatic heterocycles. The lowest BCUT2D eigenvalue weighted by atomic mass is 9.83. The minimum Gasteiger partial charge on any atom is -0.414 e. The summed E-state index contributed by atoms with van der Waals surface area (Å²) in [5.41, 5.74) is 0. The lowest BCUT2D eigenvalue weighted by Gasteiger charge is -2.43. The van der Waals surface area contributed by atoms with E-state index in [1.807, 2.05) is 0 Å². The van der Waals surface area contributed by atoms with Gasteiger partial charge < -0.3 is 4.43 Å². The highest BCUT2D eigenvalue weighted by atomic mass is 28.4. The molecule has 1 nitrogen and oxygen atoms in total. The van der Waals surface area contributed by atoms with Crippen LogP contribution in [-0.2, 0) is 4.43 Å². The van der Waals surface area contributed by atoms with Crippen LogP contribution >= 0.6 is 0 Å². The summed E-state index contributed by atoms with van der Waals surface area (Å²) >= 11 is 0. The van der Waals surface area contributed by atoms with E-state index in [1.165, 1.54) is 0 Å². The van der Waals surface area contributed by atoms with Gasteiger partial charge in [0.05, 0.1) is 0 Å². The van der Waals surface area contributed by atoms with Crippen LogP contribution in [0.3, 0.4) is 0 Å². The molecule has 0 atom stereocenters. The van der Waals surface area contributed by atoms with E-state index < -0.39 is 8.32 Å². The van der Waals surface area contributed by atoms with Crippen LogP contribution in [0, 0.1) is 18.3 Å². The van der Waals surface area contributed by atoms with Crippen LogP contribution in [-0.4, -0.2) is 14.4 Å². The molecule has 0 unspecified atom stereocenters. The van der Waals surface area contributed by atoms with Gasteiger partial charge in [0.15, 0.2) is 8.32 Å². The molecule has 0 aromatic rings. The minimum absolute atomic E-state index is 0.314. The van der Waals surface area contributed by atoms with Crippen LogP contribution < -0.4 is 0 Å². The zero-order chi connectivity index (χ0) is 11.0. The first-order valence-electron chi connectivity index (χ1n) is 5.40. The molecule has 1 rings (SSSR count). The standard InChI is InChI=1S/C12H22OSi/c1-7-10-8-11(9-10)13-14(5,6)12(2,3)4/h1,10-11H,8-9H2,2-6H3/t10-,11-. The summed E-state index contributed by atoms with van der Waals surface area (Å²) < 4.78 is 6.21. The second-order valence-electron chi connectivity index (χ2n) is 5.84. The summed E-state index contributed by atoms with van der Waals surface area (Å²) in [6, 6.07) is 0. The highest BCUT2D eigenvalue weighted by molar-refractivity contribution is 6.74. The fourth-order valence-electron chi connectivity index (χ4n) is 1.39. The Bertz CT molecular complexity index is 238. The molecule has 0 bridgehead atoms. The average Bonchev–Trinajstić information content (AvgIpc) is 1.93. The summed E-state index contributed by atoms with van der Waals surface area (Å²) in [7, 11) is -1.55. The maximum Gasteiger partial charge on any atom is 0.192 e. The predicted molar refractivity (Wildman–Crippen MR) is 63.6 cm³/mol. The molecule has 14 heavy (non-hydrogen) atoms. The van der Waals surface area contributed by atoms with Gasteiger partial charge in [-0.2, -0.15) is 0 Å². The molecule has 80 valence electrons. The second-order valence-corrected chi connectivity index (χ2v) is 10.6. The zero-order valence-corrected chi connectivity index (χ0v) is 11.1. The molecule has 0 aromatic heterocycles. The Morgan fingerprint density at radius 1 is 1.29 bits per heavy atom. The van der Waals surface area contributed by atoms with Crippen LogP contribution in [0.5, 0.6) is 0 Å². The largest absolute Gasteiger partial charge is 0.414 e. The summed E-state index contributed by atoms with van der Waals surface area (Å²) in [4.78, 5) is 0. The molecule has 1 aliphatic rings. The smallest absolute Gasteiger partial charge is 0.192 e. The van der Waals surface area contributed by atoms with E-state index in [0.717, 1.165) is 12.8 Å². The molecule has 1 saturated carbocycles. The Labute approximate surface area is 89.4 Å². The van der Waals surface area contributed by atoms with Crippen molar-refractivity contribution in [2.75, 3.05) is 0 Å². The van der Waals surface area contributed by atoms with Crippen LogP contribution in [0.25, 0.3) is 0 Å². The first kappa shape index (κ1) is 11.8. The number of terminal acetylenes is 1. The highest BCUT2D eigenvalue weighted by Crippen LogP contribution is 2.41. The Balaban J connectivity index is 2.43. The van der Waals surface area contributed by atoms with Gasteiger partial charge in [0.2, 0.25) is 0 Å². The number of hydrogen-bond acceptors (Lipinski definition) is 1. The Morgan fingerprint density at radius 2 is 1.79 bits per heavy atom. The van der Waals surface area contributed by atoms with Crippen LogP contribution in [0.1, 0.15) is 33.6 Å². The first-order valence-corrected chi connectivity index (χ1v) is 8.31. The maximum atomic E-state index is 6.21. The summed E-state index contributed by atoms with van der Waals surface area (Å²) in [6.07, 6.45) is 7.94. The van der Waals surface area contributed by atoms with Crippen molar-refractivity contribution in [3.05, 3.63) is 0 Å². The maximum absolute atomic E-state index is 6.21. The number of rotatable bonds is 2. The highest BCUT2D eigenvalue weighted by Gasteiger charge is 2.41. The van der Waals surface area contributed by atoms with Crippen molar-refractivity contribution in [1.82, 2.24) is 0 Å². The molecule has 0 radical (unpaired) electrons. The van der Waals surface area contributed by atoms with E-state index in [1.54, 1.807) is 0 Å². The average molecular weight is 210 g/mol. The van der Waals surface area contributed by atoms with Crippen molar-refractivity contribution in [2.45, 2.75) is 57.8 Å². The summed E-state index contributed by atoms with van der Waals surface area (Å²) in [5, 5.41) is 0.314. The first-order chi connectivity index (χ1) is 6.26. The van der Waals surface area contributed by atoms with Gasteiger partial charge >= 0.3 is 0 Å². The van der Waals surface area contributed by atoms with Crippen molar-refractivity contribution >= 4 is 8.32 Å². The SMILES string of the molecule is C#C[C@H]1C[C@H](O[Si](C)(C)C(C)(C)C)C1. The summed E-state index contributed by atoms with van der Waals surface area (Å²) in [5.74, 6) is 3.27. The predicted octanol–water partition coefficient (Wildman–Crippen LogP) is 3.42. The second kappa shape index (κ2) is 3.71. The lowest BCUT2D eigenvalue weighted by molar-refractivity contribution is 0.0762. The van der Waals surface area contributed by atoms with Gasteiger partial charge in [-0.3, -0.25) is 0 Å². The normalized spacial score (nSPS) is 28.0. The van der Waals surface area contributed by atoms with Gasteiger partial charge in [0, 0.05) is 12.0 Å². The Morgan fingerprint density at radius 3 is 2.14 bits per heavy atom. The minimum atomic E-state index is -1.55. The molecule has 0 N–H and O–H groups in total. The fourth-order valence-corrected chi connectivity index (χ4v) is 2.77. The van der Waals surface area contributed by atoms with Crippen molar-refractivity contribution in [2.24, 2.45) is 5.92 Å².